The molecule has 1 atom stereocenters. The van der Waals surface area contributed by atoms with Crippen LogP contribution in [0.5, 0.6) is 0 Å². The number of imide groups is 1. The van der Waals surface area contributed by atoms with Crippen LogP contribution < -0.4 is 10.6 Å². The SMILES string of the molecule is O=C1CCC(N2Cc3ccc(C(=O)NC4(c5ccc(Cl)nc5)CCC4)cc3C2=O)C(=O)N1. The molecule has 0 radical (unpaired) electrons. The summed E-state index contributed by atoms with van der Waals surface area (Å²) in [7, 11) is 0. The van der Waals surface area contributed by atoms with Gasteiger partial charge in [0, 0.05) is 30.3 Å². The summed E-state index contributed by atoms with van der Waals surface area (Å²) in [5.74, 6) is -1.35. The van der Waals surface area contributed by atoms with E-state index in [1.807, 2.05) is 6.07 Å². The zero-order valence-corrected chi connectivity index (χ0v) is 17.9. The van der Waals surface area contributed by atoms with Gasteiger partial charge in [0.2, 0.25) is 11.8 Å². The Bertz CT molecular complexity index is 1140. The minimum Gasteiger partial charge on any atom is -0.342 e. The topological polar surface area (TPSA) is 108 Å². The van der Waals surface area contributed by atoms with Gasteiger partial charge in [-0.15, -0.1) is 0 Å². The van der Waals surface area contributed by atoms with Crippen LogP contribution in [-0.4, -0.2) is 39.6 Å². The number of hydrogen-bond donors (Lipinski definition) is 2. The quantitative estimate of drug-likeness (QED) is 0.546. The van der Waals surface area contributed by atoms with Crippen LogP contribution >= 0.6 is 11.6 Å². The second-order valence-corrected chi connectivity index (χ2v) is 8.92. The van der Waals surface area contributed by atoms with Gasteiger partial charge >= 0.3 is 0 Å². The predicted molar refractivity (Wildman–Crippen MR) is 115 cm³/mol. The number of halogens is 1. The molecular weight excluding hydrogens is 432 g/mol. The number of pyridine rings is 1. The predicted octanol–water partition coefficient (Wildman–Crippen LogP) is 2.31. The molecule has 1 saturated carbocycles. The molecule has 2 N–H and O–H groups in total. The molecule has 5 rings (SSSR count). The van der Waals surface area contributed by atoms with Crippen LogP contribution in [0, 0.1) is 0 Å². The molecule has 8 nitrogen and oxygen atoms in total. The summed E-state index contributed by atoms with van der Waals surface area (Å²) in [5, 5.41) is 5.81. The third kappa shape index (κ3) is 3.44. The van der Waals surface area contributed by atoms with E-state index in [0.717, 1.165) is 30.4 Å². The highest BCUT2D eigenvalue weighted by molar-refractivity contribution is 6.29. The number of carbonyl (C=O) groups excluding carboxylic acids is 4. The summed E-state index contributed by atoms with van der Waals surface area (Å²) in [4.78, 5) is 55.3. The number of fused-ring (bicyclic) bond motifs is 1. The van der Waals surface area contributed by atoms with E-state index in [4.69, 9.17) is 11.6 Å². The maximum absolute atomic E-state index is 13.1. The summed E-state index contributed by atoms with van der Waals surface area (Å²) in [6.45, 7) is 0.280. The first-order chi connectivity index (χ1) is 15.4. The van der Waals surface area contributed by atoms with Crippen LogP contribution in [0.2, 0.25) is 5.15 Å². The number of hydrogen-bond acceptors (Lipinski definition) is 5. The van der Waals surface area contributed by atoms with Gasteiger partial charge in [0.05, 0.1) is 5.54 Å². The Kier molecular flexibility index (Phi) is 4.97. The molecule has 1 aromatic heterocycles. The lowest BCUT2D eigenvalue weighted by Gasteiger charge is -2.42. The van der Waals surface area contributed by atoms with E-state index in [1.165, 1.54) is 4.90 Å². The van der Waals surface area contributed by atoms with Crippen LogP contribution in [0.1, 0.15) is 63.9 Å². The van der Waals surface area contributed by atoms with Crippen molar-refractivity contribution in [1.29, 1.82) is 0 Å². The monoisotopic (exact) mass is 452 g/mol. The molecule has 3 aliphatic rings. The molecule has 1 aromatic carbocycles. The fraction of sp³-hybridized carbons (Fsp3) is 0.348. The summed E-state index contributed by atoms with van der Waals surface area (Å²) >= 11 is 5.90. The molecule has 4 amide bonds. The van der Waals surface area contributed by atoms with Gasteiger partial charge in [0.15, 0.2) is 0 Å². The molecule has 1 aliphatic carbocycles. The van der Waals surface area contributed by atoms with Crippen LogP contribution in [0.4, 0.5) is 0 Å². The number of amides is 4. The molecule has 1 unspecified atom stereocenters. The van der Waals surface area contributed by atoms with Gasteiger partial charge in [-0.2, -0.15) is 0 Å². The van der Waals surface area contributed by atoms with Crippen molar-refractivity contribution in [2.75, 3.05) is 0 Å². The Balaban J connectivity index is 1.35. The van der Waals surface area contributed by atoms with Crippen molar-refractivity contribution in [1.82, 2.24) is 20.5 Å². The van der Waals surface area contributed by atoms with E-state index >= 15 is 0 Å². The Morgan fingerprint density at radius 3 is 2.66 bits per heavy atom. The zero-order valence-electron chi connectivity index (χ0n) is 17.2. The molecule has 32 heavy (non-hydrogen) atoms. The van der Waals surface area contributed by atoms with Crippen LogP contribution in [0.15, 0.2) is 36.5 Å². The lowest BCUT2D eigenvalue weighted by atomic mass is 9.72. The minimum atomic E-state index is -0.680. The number of carbonyl (C=O) groups is 4. The molecule has 0 bridgehead atoms. The Labute approximate surface area is 189 Å². The van der Waals surface area contributed by atoms with Gasteiger partial charge in [-0.3, -0.25) is 24.5 Å². The highest BCUT2D eigenvalue weighted by atomic mass is 35.5. The first-order valence-corrected chi connectivity index (χ1v) is 11.0. The van der Waals surface area contributed by atoms with Gasteiger partial charge in [-0.1, -0.05) is 23.7 Å². The van der Waals surface area contributed by atoms with Crippen LogP contribution in [0.25, 0.3) is 0 Å². The largest absolute Gasteiger partial charge is 0.342 e. The van der Waals surface area contributed by atoms with E-state index in [9.17, 15) is 19.2 Å². The molecule has 1 saturated heterocycles. The number of benzene rings is 1. The van der Waals surface area contributed by atoms with E-state index < -0.39 is 17.5 Å². The highest BCUT2D eigenvalue weighted by Crippen LogP contribution is 2.41. The molecule has 164 valence electrons. The van der Waals surface area contributed by atoms with E-state index in [2.05, 4.69) is 15.6 Å². The molecule has 2 aromatic rings. The van der Waals surface area contributed by atoms with Crippen molar-refractivity contribution in [2.45, 2.75) is 50.2 Å². The second-order valence-electron chi connectivity index (χ2n) is 8.53. The number of rotatable bonds is 4. The molecular formula is C23H21ClN4O4. The first-order valence-electron chi connectivity index (χ1n) is 10.6. The number of nitrogens with one attached hydrogen (secondary N) is 2. The zero-order chi connectivity index (χ0) is 22.5. The smallest absolute Gasteiger partial charge is 0.255 e. The van der Waals surface area contributed by atoms with Crippen LogP contribution in [-0.2, 0) is 21.7 Å². The van der Waals surface area contributed by atoms with Gasteiger partial charge in [-0.05, 0) is 55.0 Å². The molecule has 0 spiro atoms. The first kappa shape index (κ1) is 20.6. The highest BCUT2D eigenvalue weighted by Gasteiger charge is 2.42. The average Bonchev–Trinajstić information content (AvgIpc) is 3.07. The summed E-state index contributed by atoms with van der Waals surface area (Å²) in [6.07, 6.45) is 4.78. The van der Waals surface area contributed by atoms with Crippen molar-refractivity contribution >= 4 is 35.2 Å². The van der Waals surface area contributed by atoms with Crippen molar-refractivity contribution < 1.29 is 19.2 Å². The Hall–Kier alpha value is -3.26. The van der Waals surface area contributed by atoms with Crippen molar-refractivity contribution in [2.24, 2.45) is 0 Å². The fourth-order valence-electron chi connectivity index (χ4n) is 4.66. The molecule has 2 fully saturated rings. The van der Waals surface area contributed by atoms with Gasteiger partial charge < -0.3 is 10.2 Å². The standard InChI is InChI=1S/C23H21ClN4O4/c24-18-6-4-15(11-25-18)23(8-1-9-23)27-20(30)13-2-3-14-12-28(22(32)16(14)10-13)17-5-7-19(29)26-21(17)31/h2-4,6,10-11,17H,1,5,7-9,12H2,(H,27,30)(H,26,29,31). The molecule has 3 heterocycles. The number of piperidine rings is 1. The Morgan fingerprint density at radius 2 is 2.00 bits per heavy atom. The maximum Gasteiger partial charge on any atom is 0.255 e. The van der Waals surface area contributed by atoms with Crippen molar-refractivity contribution in [3.8, 4) is 0 Å². The Morgan fingerprint density at radius 1 is 1.19 bits per heavy atom. The molecule has 2 aliphatic heterocycles. The van der Waals surface area contributed by atoms with Crippen LogP contribution in [0.3, 0.4) is 0 Å². The summed E-state index contributed by atoms with van der Waals surface area (Å²) in [5.41, 5.74) is 1.98. The normalized spacial score (nSPS) is 21.6. The summed E-state index contributed by atoms with van der Waals surface area (Å²) < 4.78 is 0. The average molecular weight is 453 g/mol. The van der Waals surface area contributed by atoms with Gasteiger partial charge in [0.25, 0.3) is 11.8 Å². The third-order valence-corrected chi connectivity index (χ3v) is 6.85. The maximum atomic E-state index is 13.1. The lowest BCUT2D eigenvalue weighted by molar-refractivity contribution is -0.136. The third-order valence-electron chi connectivity index (χ3n) is 6.63. The number of aromatic nitrogens is 1. The fourth-order valence-corrected chi connectivity index (χ4v) is 4.77. The van der Waals surface area contributed by atoms with Crippen molar-refractivity contribution in [3.63, 3.8) is 0 Å². The molecule has 9 heteroatoms. The van der Waals surface area contributed by atoms with Gasteiger partial charge in [0.1, 0.15) is 11.2 Å². The van der Waals surface area contributed by atoms with Crippen molar-refractivity contribution in [3.05, 3.63) is 63.9 Å². The lowest BCUT2D eigenvalue weighted by Crippen LogP contribution is -2.52. The second kappa shape index (κ2) is 7.70. The van der Waals surface area contributed by atoms with E-state index in [0.29, 0.717) is 22.7 Å². The minimum absolute atomic E-state index is 0.200. The van der Waals surface area contributed by atoms with Gasteiger partial charge in [-0.25, -0.2) is 4.98 Å². The van der Waals surface area contributed by atoms with E-state index in [-0.39, 0.29) is 30.7 Å². The summed E-state index contributed by atoms with van der Waals surface area (Å²) in [6, 6.07) is 7.94. The van der Waals surface area contributed by atoms with E-state index in [1.54, 1.807) is 30.5 Å². The number of nitrogens with zero attached hydrogens (tertiary/aromatic N) is 2.